The summed E-state index contributed by atoms with van der Waals surface area (Å²) >= 11 is 0. The molecule has 2 aromatic carbocycles. The van der Waals surface area contributed by atoms with Gasteiger partial charge in [0, 0.05) is 0 Å². The Morgan fingerprint density at radius 2 is 1.30 bits per heavy atom. The summed E-state index contributed by atoms with van der Waals surface area (Å²) in [4.78, 5) is 0. The van der Waals surface area contributed by atoms with Crippen molar-refractivity contribution in [1.82, 2.24) is 0 Å². The molecule has 0 amide bonds. The van der Waals surface area contributed by atoms with Gasteiger partial charge in [0.1, 0.15) is 0 Å². The minimum Gasteiger partial charge on any atom is -0.346 e. The molecule has 0 aliphatic carbocycles. The second kappa shape index (κ2) is 11.0. The van der Waals surface area contributed by atoms with Crippen LogP contribution in [0.4, 0.5) is 0 Å². The van der Waals surface area contributed by atoms with Gasteiger partial charge in [0.2, 0.25) is 0 Å². The topological polar surface area (TPSA) is 0 Å². The Hall–Kier alpha value is -0.676. The molecule has 1 atom stereocenters. The van der Waals surface area contributed by atoms with Crippen molar-refractivity contribution >= 4 is 8.58 Å². The molecule has 2 aromatic rings. The van der Waals surface area contributed by atoms with E-state index in [0.29, 0.717) is 0 Å². The predicted molar refractivity (Wildman–Crippen MR) is 89.9 cm³/mol. The molecule has 0 heterocycles. The van der Waals surface area contributed by atoms with Crippen molar-refractivity contribution in [3.63, 3.8) is 0 Å². The summed E-state index contributed by atoms with van der Waals surface area (Å²) in [5.74, 6) is 0. The molecule has 0 bridgehead atoms. The van der Waals surface area contributed by atoms with E-state index in [-0.39, 0.29) is 18.6 Å². The summed E-state index contributed by atoms with van der Waals surface area (Å²) in [5.41, 5.74) is 5.06. The van der Waals surface area contributed by atoms with Gasteiger partial charge in [-0.25, -0.2) is 0 Å². The Labute approximate surface area is 138 Å². The van der Waals surface area contributed by atoms with E-state index in [0.717, 1.165) is 14.1 Å². The maximum absolute atomic E-state index is 3.90. The van der Waals surface area contributed by atoms with E-state index in [9.17, 15) is 0 Å². The molecule has 2 heteroatoms. The molecule has 1 unspecified atom stereocenters. The molecule has 2 rings (SSSR count). The molecule has 0 fully saturated rings. The van der Waals surface area contributed by atoms with Gasteiger partial charge in [-0.15, -0.1) is 20.7 Å². The van der Waals surface area contributed by atoms with Crippen LogP contribution in [0, 0.1) is 13.8 Å². The van der Waals surface area contributed by atoms with Gasteiger partial charge in [-0.2, -0.15) is 31.5 Å². The molecule has 0 aliphatic rings. The Balaban J connectivity index is 0.00000115. The third kappa shape index (κ3) is 6.18. The van der Waals surface area contributed by atoms with Gasteiger partial charge >= 0.3 is 18.6 Å². The second-order valence-corrected chi connectivity index (χ2v) is 5.73. The van der Waals surface area contributed by atoms with Crippen molar-refractivity contribution in [2.75, 3.05) is 6.16 Å². The Morgan fingerprint density at radius 3 is 1.75 bits per heavy atom. The zero-order valence-electron chi connectivity index (χ0n) is 12.4. The molecule has 0 saturated heterocycles. The molecular weight excluding hydrogens is 298 g/mol. The summed E-state index contributed by atoms with van der Waals surface area (Å²) in [6, 6.07) is 17.3. The Kier molecular flexibility index (Phi) is 10.7. The summed E-state index contributed by atoms with van der Waals surface area (Å²) < 4.78 is 0. The molecule has 0 spiro atoms. The minimum atomic E-state index is 0. The largest absolute Gasteiger partial charge is 2.00 e. The van der Waals surface area contributed by atoms with E-state index >= 15 is 0 Å². The van der Waals surface area contributed by atoms with Gasteiger partial charge in [0.25, 0.3) is 0 Å². The van der Waals surface area contributed by atoms with Gasteiger partial charge in [-0.1, -0.05) is 31.2 Å². The summed E-state index contributed by atoms with van der Waals surface area (Å²) in [6.45, 7) is 11.1. The average Bonchev–Trinajstić information content (AvgIpc) is 2.49. The van der Waals surface area contributed by atoms with Crippen LogP contribution in [0.2, 0.25) is 0 Å². The molecule has 0 aromatic heterocycles. The molecule has 0 saturated carbocycles. The Bertz CT molecular complexity index is 460. The fourth-order valence-electron chi connectivity index (χ4n) is 1.78. The average molecular weight is 321 g/mol. The smallest absolute Gasteiger partial charge is 0.346 e. The first-order valence-electron chi connectivity index (χ1n) is 6.72. The predicted octanol–water partition coefficient (Wildman–Crippen LogP) is 5.57. The molecular formula is C18H23PV. The molecule has 0 nitrogen and oxygen atoms in total. The summed E-state index contributed by atoms with van der Waals surface area (Å²) in [7, 11) is 1.05. The first-order valence-corrected chi connectivity index (χ1v) is 8.14. The van der Waals surface area contributed by atoms with Crippen molar-refractivity contribution in [3.05, 3.63) is 73.5 Å². The standard InChI is InChI=1S/C16H18P.C2H5.V/c1-3-17-12-14-6-10-16(11-7-14)15-8-4-13(2)5-9-15;1-2;/h4-11,17H,2-3,12H2,1H3;1H2,2H3;/q2*-1;+2. The van der Waals surface area contributed by atoms with E-state index in [1.807, 2.05) is 0 Å². The van der Waals surface area contributed by atoms with Gasteiger partial charge in [-0.05, 0) is 29.0 Å². The molecule has 0 N–H and O–H groups in total. The maximum Gasteiger partial charge on any atom is 2.00 e. The van der Waals surface area contributed by atoms with Gasteiger partial charge in [-0.3, -0.25) is 0 Å². The summed E-state index contributed by atoms with van der Waals surface area (Å²) in [5, 5.41) is 0. The van der Waals surface area contributed by atoms with E-state index in [1.165, 1.54) is 29.0 Å². The first kappa shape index (κ1) is 19.3. The number of hydrogen-bond donors (Lipinski definition) is 0. The van der Waals surface area contributed by atoms with Crippen molar-refractivity contribution in [2.24, 2.45) is 0 Å². The minimum absolute atomic E-state index is 0. The van der Waals surface area contributed by atoms with E-state index in [2.05, 4.69) is 69.3 Å². The van der Waals surface area contributed by atoms with E-state index < -0.39 is 0 Å². The van der Waals surface area contributed by atoms with E-state index in [1.54, 1.807) is 6.92 Å². The van der Waals surface area contributed by atoms with Crippen LogP contribution in [-0.2, 0) is 24.7 Å². The van der Waals surface area contributed by atoms with Crippen molar-refractivity contribution in [1.29, 1.82) is 0 Å². The van der Waals surface area contributed by atoms with Crippen LogP contribution < -0.4 is 0 Å². The molecule has 105 valence electrons. The SMILES string of the molecule is [CH2-]C.[CH2-]c1ccc(-c2ccc(CPCC)cc2)cc1.[V+2]. The van der Waals surface area contributed by atoms with Crippen LogP contribution in [-0.4, -0.2) is 6.16 Å². The molecule has 1 radical (unpaired) electrons. The van der Waals surface area contributed by atoms with Gasteiger partial charge in [0.05, 0.1) is 0 Å². The van der Waals surface area contributed by atoms with Crippen molar-refractivity contribution in [3.8, 4) is 11.1 Å². The fraction of sp³-hybridized carbons (Fsp3) is 0.222. The fourth-order valence-corrected chi connectivity index (χ4v) is 2.56. The number of hydrogen-bond acceptors (Lipinski definition) is 0. The van der Waals surface area contributed by atoms with Crippen molar-refractivity contribution in [2.45, 2.75) is 20.0 Å². The van der Waals surface area contributed by atoms with Gasteiger partial charge < -0.3 is 6.92 Å². The summed E-state index contributed by atoms with van der Waals surface area (Å²) in [6.07, 6.45) is 2.50. The zero-order valence-corrected chi connectivity index (χ0v) is 14.8. The zero-order chi connectivity index (χ0) is 14.1. The van der Waals surface area contributed by atoms with Crippen LogP contribution in [0.1, 0.15) is 25.0 Å². The number of benzene rings is 2. The van der Waals surface area contributed by atoms with Gasteiger partial charge in [0.15, 0.2) is 0 Å². The third-order valence-electron chi connectivity index (χ3n) is 2.82. The third-order valence-corrected chi connectivity index (χ3v) is 3.98. The van der Waals surface area contributed by atoms with Crippen LogP contribution >= 0.6 is 8.58 Å². The monoisotopic (exact) mass is 321 g/mol. The van der Waals surface area contributed by atoms with E-state index in [4.69, 9.17) is 0 Å². The number of rotatable bonds is 4. The van der Waals surface area contributed by atoms with Crippen LogP contribution in [0.15, 0.2) is 48.5 Å². The van der Waals surface area contributed by atoms with Crippen LogP contribution in [0.5, 0.6) is 0 Å². The van der Waals surface area contributed by atoms with Crippen LogP contribution in [0.25, 0.3) is 11.1 Å². The molecule has 0 aliphatic heterocycles. The second-order valence-electron chi connectivity index (χ2n) is 4.17. The quantitative estimate of drug-likeness (QED) is 0.510. The first-order chi connectivity index (χ1) is 9.29. The maximum atomic E-state index is 3.90. The van der Waals surface area contributed by atoms with Crippen LogP contribution in [0.3, 0.4) is 0 Å². The molecule has 20 heavy (non-hydrogen) atoms. The van der Waals surface area contributed by atoms with Crippen molar-refractivity contribution < 1.29 is 18.6 Å². The Morgan fingerprint density at radius 1 is 0.850 bits per heavy atom. The normalized spacial score (nSPS) is 9.75.